The summed E-state index contributed by atoms with van der Waals surface area (Å²) in [5.74, 6) is -1.84. The lowest BCUT2D eigenvalue weighted by Crippen LogP contribution is -2.24. The summed E-state index contributed by atoms with van der Waals surface area (Å²) in [7, 11) is 1.38. The van der Waals surface area contributed by atoms with Crippen molar-refractivity contribution >= 4 is 17.8 Å². The van der Waals surface area contributed by atoms with E-state index >= 15 is 0 Å². The summed E-state index contributed by atoms with van der Waals surface area (Å²) in [4.78, 5) is 34.9. The fourth-order valence-corrected chi connectivity index (χ4v) is 1.78. The van der Waals surface area contributed by atoms with Crippen molar-refractivity contribution in [3.05, 3.63) is 34.9 Å². The van der Waals surface area contributed by atoms with E-state index in [1.54, 1.807) is 12.1 Å². The Labute approximate surface area is 91.3 Å². The van der Waals surface area contributed by atoms with E-state index in [9.17, 15) is 14.4 Å². The maximum absolute atomic E-state index is 11.7. The number of imide groups is 1. The van der Waals surface area contributed by atoms with Gasteiger partial charge in [-0.1, -0.05) is 12.1 Å². The summed E-state index contributed by atoms with van der Waals surface area (Å²) in [6, 6.07) is 4.67. The Morgan fingerprint density at radius 3 is 2.62 bits per heavy atom. The number of carbonyl (C=O) groups is 3. The Balaban J connectivity index is 2.58. The first-order valence-electron chi connectivity index (χ1n) is 4.68. The minimum atomic E-state index is -1.02. The van der Waals surface area contributed by atoms with Crippen LogP contribution in [0.1, 0.15) is 26.3 Å². The second-order valence-corrected chi connectivity index (χ2v) is 3.58. The number of carboxylic acids is 1. The smallest absolute Gasteiger partial charge is 0.307 e. The van der Waals surface area contributed by atoms with E-state index in [1.165, 1.54) is 13.1 Å². The summed E-state index contributed by atoms with van der Waals surface area (Å²) in [5, 5.41) is 8.71. The van der Waals surface area contributed by atoms with Gasteiger partial charge in [-0.2, -0.15) is 0 Å². The van der Waals surface area contributed by atoms with Crippen LogP contribution in [-0.2, 0) is 11.2 Å². The first kappa shape index (κ1) is 10.4. The molecule has 0 fully saturated rings. The van der Waals surface area contributed by atoms with Crippen LogP contribution in [0.2, 0.25) is 0 Å². The van der Waals surface area contributed by atoms with Gasteiger partial charge in [-0.05, 0) is 11.6 Å². The van der Waals surface area contributed by atoms with Crippen LogP contribution in [0.15, 0.2) is 18.2 Å². The molecule has 0 saturated carbocycles. The Morgan fingerprint density at radius 2 is 2.00 bits per heavy atom. The van der Waals surface area contributed by atoms with Gasteiger partial charge in [-0.3, -0.25) is 19.3 Å². The van der Waals surface area contributed by atoms with Gasteiger partial charge in [0, 0.05) is 7.05 Å². The van der Waals surface area contributed by atoms with Crippen LogP contribution >= 0.6 is 0 Å². The lowest BCUT2D eigenvalue weighted by atomic mass is 10.0. The summed E-state index contributed by atoms with van der Waals surface area (Å²) < 4.78 is 0. The zero-order valence-corrected chi connectivity index (χ0v) is 8.56. The fraction of sp³-hybridized carbons (Fsp3) is 0.182. The van der Waals surface area contributed by atoms with Gasteiger partial charge in [-0.15, -0.1) is 0 Å². The Kier molecular flexibility index (Phi) is 2.23. The quantitative estimate of drug-likeness (QED) is 0.736. The van der Waals surface area contributed by atoms with Crippen molar-refractivity contribution < 1.29 is 19.5 Å². The van der Waals surface area contributed by atoms with Gasteiger partial charge in [0.1, 0.15) is 0 Å². The minimum absolute atomic E-state index is 0.220. The first-order chi connectivity index (χ1) is 7.52. The molecule has 2 rings (SSSR count). The normalized spacial score (nSPS) is 14.2. The van der Waals surface area contributed by atoms with Crippen LogP contribution in [0, 0.1) is 0 Å². The number of benzene rings is 1. The van der Waals surface area contributed by atoms with Crippen molar-refractivity contribution in [1.82, 2.24) is 4.90 Å². The molecule has 0 saturated heterocycles. The maximum atomic E-state index is 11.7. The van der Waals surface area contributed by atoms with Gasteiger partial charge in [-0.25, -0.2) is 0 Å². The molecule has 1 aliphatic rings. The highest BCUT2D eigenvalue weighted by Gasteiger charge is 2.34. The van der Waals surface area contributed by atoms with Crippen molar-refractivity contribution in [2.75, 3.05) is 7.05 Å². The SMILES string of the molecule is CN1C(=O)c2cccc(CC(=O)O)c2C1=O. The number of aliphatic carboxylic acids is 1. The molecule has 0 unspecified atom stereocenters. The average molecular weight is 219 g/mol. The molecule has 0 atom stereocenters. The molecule has 0 radical (unpaired) electrons. The largest absolute Gasteiger partial charge is 0.481 e. The fourth-order valence-electron chi connectivity index (χ4n) is 1.78. The summed E-state index contributed by atoms with van der Waals surface area (Å²) in [6.45, 7) is 0. The van der Waals surface area contributed by atoms with E-state index in [0.717, 1.165) is 4.90 Å². The van der Waals surface area contributed by atoms with Crippen LogP contribution in [-0.4, -0.2) is 34.8 Å². The Bertz CT molecular complexity index is 507. The van der Waals surface area contributed by atoms with Crippen LogP contribution in [0.5, 0.6) is 0 Å². The Morgan fingerprint density at radius 1 is 1.31 bits per heavy atom. The zero-order valence-electron chi connectivity index (χ0n) is 8.56. The number of fused-ring (bicyclic) bond motifs is 1. The van der Waals surface area contributed by atoms with Crippen LogP contribution in [0.3, 0.4) is 0 Å². The molecule has 0 aliphatic carbocycles. The Hall–Kier alpha value is -2.17. The number of rotatable bonds is 2. The molecule has 2 amide bonds. The number of hydrogen-bond acceptors (Lipinski definition) is 3. The van der Waals surface area contributed by atoms with Crippen molar-refractivity contribution in [2.45, 2.75) is 6.42 Å². The van der Waals surface area contributed by atoms with Crippen molar-refractivity contribution in [1.29, 1.82) is 0 Å². The van der Waals surface area contributed by atoms with Crippen LogP contribution in [0.25, 0.3) is 0 Å². The molecule has 0 spiro atoms. The van der Waals surface area contributed by atoms with E-state index in [2.05, 4.69) is 0 Å². The van der Waals surface area contributed by atoms with Crippen molar-refractivity contribution in [3.63, 3.8) is 0 Å². The van der Waals surface area contributed by atoms with Gasteiger partial charge < -0.3 is 5.11 Å². The predicted molar refractivity (Wildman–Crippen MR) is 54.2 cm³/mol. The molecule has 0 bridgehead atoms. The van der Waals surface area contributed by atoms with E-state index in [4.69, 9.17) is 5.11 Å². The van der Waals surface area contributed by atoms with Crippen LogP contribution < -0.4 is 0 Å². The number of hydrogen-bond donors (Lipinski definition) is 1. The van der Waals surface area contributed by atoms with E-state index in [0.29, 0.717) is 5.56 Å². The molecule has 5 heteroatoms. The first-order valence-corrected chi connectivity index (χ1v) is 4.68. The molecule has 82 valence electrons. The number of amides is 2. The standard InChI is InChI=1S/C11H9NO4/c1-12-10(15)7-4-2-3-6(5-8(13)14)9(7)11(12)16/h2-4H,5H2,1H3,(H,13,14). The van der Waals surface area contributed by atoms with Gasteiger partial charge in [0.05, 0.1) is 17.5 Å². The second-order valence-electron chi connectivity index (χ2n) is 3.58. The van der Waals surface area contributed by atoms with E-state index < -0.39 is 11.9 Å². The van der Waals surface area contributed by atoms with Gasteiger partial charge in [0.2, 0.25) is 0 Å². The van der Waals surface area contributed by atoms with E-state index in [-0.39, 0.29) is 23.5 Å². The third kappa shape index (κ3) is 1.37. The third-order valence-electron chi connectivity index (χ3n) is 2.55. The highest BCUT2D eigenvalue weighted by Crippen LogP contribution is 2.25. The van der Waals surface area contributed by atoms with Gasteiger partial charge in [0.15, 0.2) is 0 Å². The summed E-state index contributed by atoms with van der Waals surface area (Å²) in [6.07, 6.45) is -0.254. The number of carboxylic acid groups (broad SMARTS) is 1. The van der Waals surface area contributed by atoms with Gasteiger partial charge >= 0.3 is 5.97 Å². The zero-order chi connectivity index (χ0) is 11.9. The molecule has 1 heterocycles. The molecular formula is C11H9NO4. The topological polar surface area (TPSA) is 74.7 Å². The molecule has 1 N–H and O–H groups in total. The van der Waals surface area contributed by atoms with E-state index in [1.807, 2.05) is 0 Å². The molecule has 0 aromatic heterocycles. The summed E-state index contributed by atoms with van der Waals surface area (Å²) in [5.41, 5.74) is 0.886. The second kappa shape index (κ2) is 3.44. The highest BCUT2D eigenvalue weighted by atomic mass is 16.4. The molecular weight excluding hydrogens is 210 g/mol. The lowest BCUT2D eigenvalue weighted by Gasteiger charge is -2.04. The molecule has 1 aromatic carbocycles. The number of nitrogens with zero attached hydrogens (tertiary/aromatic N) is 1. The molecule has 5 nitrogen and oxygen atoms in total. The maximum Gasteiger partial charge on any atom is 0.307 e. The molecule has 16 heavy (non-hydrogen) atoms. The predicted octanol–water partition coefficient (Wildman–Crippen LogP) is 0.540. The summed E-state index contributed by atoms with van der Waals surface area (Å²) >= 11 is 0. The molecule has 1 aromatic rings. The average Bonchev–Trinajstić information content (AvgIpc) is 2.44. The lowest BCUT2D eigenvalue weighted by molar-refractivity contribution is -0.136. The van der Waals surface area contributed by atoms with Crippen molar-refractivity contribution in [2.24, 2.45) is 0 Å². The highest BCUT2D eigenvalue weighted by molar-refractivity contribution is 6.22. The van der Waals surface area contributed by atoms with Crippen molar-refractivity contribution in [3.8, 4) is 0 Å². The van der Waals surface area contributed by atoms with Crippen LogP contribution in [0.4, 0.5) is 0 Å². The minimum Gasteiger partial charge on any atom is -0.481 e. The van der Waals surface area contributed by atoms with Gasteiger partial charge in [0.25, 0.3) is 11.8 Å². The molecule has 1 aliphatic heterocycles. The monoisotopic (exact) mass is 219 g/mol. The number of carbonyl (C=O) groups excluding carboxylic acids is 2. The third-order valence-corrected chi connectivity index (χ3v) is 2.55.